The van der Waals surface area contributed by atoms with Crippen LogP contribution in [0, 0.1) is 36.5 Å². The summed E-state index contributed by atoms with van der Waals surface area (Å²) in [6.45, 7) is 5.97. The number of benzene rings is 1. The zero-order valence-corrected chi connectivity index (χ0v) is 19.9. The summed E-state index contributed by atoms with van der Waals surface area (Å²) in [5.41, 5.74) is 1.72. The normalized spacial score (nSPS) is 34.1. The van der Waals surface area contributed by atoms with Crippen molar-refractivity contribution in [3.8, 4) is 0 Å². The first-order valence-corrected chi connectivity index (χ1v) is 12.1. The number of nitrogens with zero attached hydrogens (tertiary/aromatic N) is 1. The Morgan fingerprint density at radius 1 is 1.14 bits per heavy atom. The number of carbonyl (C=O) groups excluding carboxylic acids is 3. The van der Waals surface area contributed by atoms with Gasteiger partial charge in [-0.1, -0.05) is 57.8 Å². The van der Waals surface area contributed by atoms with Gasteiger partial charge < -0.3 is 5.32 Å². The largest absolute Gasteiger partial charge is 0.324 e. The summed E-state index contributed by atoms with van der Waals surface area (Å²) in [7, 11) is 0. The Morgan fingerprint density at radius 2 is 1.72 bits per heavy atom. The molecule has 1 aromatic carbocycles. The summed E-state index contributed by atoms with van der Waals surface area (Å²) < 4.78 is 0. The van der Waals surface area contributed by atoms with Gasteiger partial charge >= 0.3 is 0 Å². The van der Waals surface area contributed by atoms with Gasteiger partial charge in [0.25, 0.3) is 0 Å². The van der Waals surface area contributed by atoms with Crippen molar-refractivity contribution in [2.24, 2.45) is 29.6 Å². The summed E-state index contributed by atoms with van der Waals surface area (Å²) >= 11 is 7.43. The first-order chi connectivity index (χ1) is 13.7. The molecule has 2 bridgehead atoms. The molecule has 3 amide bonds. The fourth-order valence-electron chi connectivity index (χ4n) is 5.40. The molecule has 5 nitrogen and oxygen atoms in total. The van der Waals surface area contributed by atoms with E-state index in [9.17, 15) is 14.4 Å². The highest BCUT2D eigenvalue weighted by atomic mass is 79.9. The number of nitrogens with one attached hydrogen (secondary N) is 1. The second-order valence-corrected chi connectivity index (χ2v) is 11.2. The number of hydrogen-bond acceptors (Lipinski definition) is 3. The minimum Gasteiger partial charge on any atom is -0.324 e. The van der Waals surface area contributed by atoms with Crippen molar-refractivity contribution >= 4 is 55.3 Å². The van der Waals surface area contributed by atoms with E-state index < -0.39 is 6.04 Å². The van der Waals surface area contributed by atoms with Gasteiger partial charge in [0.2, 0.25) is 17.7 Å². The zero-order valence-electron chi connectivity index (χ0n) is 16.8. The quantitative estimate of drug-likeness (QED) is 0.464. The van der Waals surface area contributed by atoms with E-state index >= 15 is 0 Å². The zero-order chi connectivity index (χ0) is 21.0. The number of hydrogen-bond donors (Lipinski definition) is 1. The van der Waals surface area contributed by atoms with Crippen LogP contribution in [0.5, 0.6) is 0 Å². The molecule has 1 aliphatic heterocycles. The third-order valence-corrected chi connectivity index (χ3v) is 9.82. The van der Waals surface area contributed by atoms with Crippen molar-refractivity contribution < 1.29 is 14.4 Å². The number of likely N-dealkylation sites (tertiary alicyclic amines) is 1. The summed E-state index contributed by atoms with van der Waals surface area (Å²) in [5.74, 6) is -0.745. The lowest BCUT2D eigenvalue weighted by molar-refractivity contribution is -0.147. The molecule has 2 saturated carbocycles. The summed E-state index contributed by atoms with van der Waals surface area (Å²) in [6.07, 6.45) is 1.34. The maximum Gasteiger partial charge on any atom is 0.247 e. The average Bonchev–Trinajstić information content (AvgIpc) is 3.25. The van der Waals surface area contributed by atoms with E-state index in [-0.39, 0.29) is 57.0 Å². The Balaban J connectivity index is 1.61. The molecule has 0 aromatic heterocycles. The Bertz CT molecular complexity index is 826. The Hall–Kier alpha value is -1.21. The lowest BCUT2D eigenvalue weighted by Gasteiger charge is -2.28. The molecule has 0 spiro atoms. The van der Waals surface area contributed by atoms with Crippen molar-refractivity contribution in [3.63, 3.8) is 0 Å². The van der Waals surface area contributed by atoms with E-state index in [0.717, 1.165) is 12.0 Å². The molecule has 0 radical (unpaired) electrons. The van der Waals surface area contributed by atoms with Crippen LogP contribution < -0.4 is 5.32 Å². The van der Waals surface area contributed by atoms with Gasteiger partial charge in [-0.25, -0.2) is 0 Å². The summed E-state index contributed by atoms with van der Waals surface area (Å²) in [4.78, 5) is 41.6. The second-order valence-electron chi connectivity index (χ2n) is 9.05. The fourth-order valence-corrected chi connectivity index (χ4v) is 7.28. The van der Waals surface area contributed by atoms with Gasteiger partial charge in [-0.05, 0) is 55.2 Å². The number of fused-ring (bicyclic) bond motifs is 5. The van der Waals surface area contributed by atoms with Gasteiger partial charge in [0.1, 0.15) is 6.04 Å². The molecule has 7 atom stereocenters. The summed E-state index contributed by atoms with van der Waals surface area (Å²) in [6, 6.07) is 6.77. The van der Waals surface area contributed by atoms with E-state index in [4.69, 9.17) is 0 Å². The number of carbonyl (C=O) groups is 3. The molecule has 156 valence electrons. The van der Waals surface area contributed by atoms with Gasteiger partial charge in [0.15, 0.2) is 0 Å². The van der Waals surface area contributed by atoms with E-state index in [1.165, 1.54) is 4.90 Å². The van der Waals surface area contributed by atoms with Gasteiger partial charge in [-0.15, -0.1) is 0 Å². The first kappa shape index (κ1) is 21.0. The van der Waals surface area contributed by atoms with Crippen LogP contribution in [0.2, 0.25) is 0 Å². The van der Waals surface area contributed by atoms with Crippen LogP contribution in [0.4, 0.5) is 5.69 Å². The van der Waals surface area contributed by atoms with Crippen LogP contribution in [0.1, 0.15) is 32.3 Å². The van der Waals surface area contributed by atoms with Gasteiger partial charge in [0, 0.05) is 15.3 Å². The van der Waals surface area contributed by atoms with Crippen LogP contribution in [-0.2, 0) is 14.4 Å². The Morgan fingerprint density at radius 3 is 2.24 bits per heavy atom. The van der Waals surface area contributed by atoms with Crippen molar-refractivity contribution in [2.75, 3.05) is 5.32 Å². The molecule has 1 N–H and O–H groups in total. The van der Waals surface area contributed by atoms with Crippen molar-refractivity contribution in [1.82, 2.24) is 4.90 Å². The van der Waals surface area contributed by atoms with Crippen LogP contribution >= 0.6 is 31.9 Å². The molecule has 1 aromatic rings. The molecule has 7 heteroatoms. The molecule has 1 saturated heterocycles. The lowest BCUT2D eigenvalue weighted by Crippen LogP contribution is -2.49. The highest BCUT2D eigenvalue weighted by molar-refractivity contribution is 9.12. The second kappa shape index (κ2) is 7.80. The number of aryl methyl sites for hydroxylation is 1. The number of imide groups is 1. The minimum absolute atomic E-state index is 0.148. The third-order valence-electron chi connectivity index (χ3n) is 6.62. The monoisotopic (exact) mass is 524 g/mol. The molecule has 3 fully saturated rings. The molecule has 3 aliphatic rings. The van der Waals surface area contributed by atoms with Gasteiger partial charge in [-0.2, -0.15) is 0 Å². The molecular weight excluding hydrogens is 500 g/mol. The van der Waals surface area contributed by atoms with E-state index in [2.05, 4.69) is 37.2 Å². The summed E-state index contributed by atoms with van der Waals surface area (Å²) in [5, 5.41) is 2.92. The maximum absolute atomic E-state index is 13.4. The van der Waals surface area contributed by atoms with Gasteiger partial charge in [0.05, 0.1) is 11.8 Å². The predicted octanol–water partition coefficient (Wildman–Crippen LogP) is 4.13. The first-order valence-electron chi connectivity index (χ1n) is 10.2. The molecular formula is C22H26Br2N2O3. The molecule has 7 unspecified atom stereocenters. The SMILES string of the molecule is Cc1cccc(NC(=O)C(CC(C)C)N2C(=O)C3C4CC(C(Br)C4Br)C3C2=O)c1. The Labute approximate surface area is 188 Å². The molecule has 4 rings (SSSR count). The fraction of sp³-hybridized carbons (Fsp3) is 0.591. The van der Waals surface area contributed by atoms with Crippen molar-refractivity contribution in [3.05, 3.63) is 29.8 Å². The van der Waals surface area contributed by atoms with Crippen LogP contribution in [0.25, 0.3) is 0 Å². The standard InChI is InChI=1S/C22H26Br2N2O3/c1-10(2)7-15(20(27)25-12-6-4-5-11(3)8-12)26-21(28)16-13-9-14(17(16)22(26)29)19(24)18(13)23/h4-6,8,10,13-19H,7,9H2,1-3H3,(H,25,27). The topological polar surface area (TPSA) is 66.5 Å². The van der Waals surface area contributed by atoms with E-state index in [0.29, 0.717) is 12.1 Å². The third kappa shape index (κ3) is 3.48. The van der Waals surface area contributed by atoms with E-state index in [1.54, 1.807) is 0 Å². The van der Waals surface area contributed by atoms with Crippen LogP contribution in [0.3, 0.4) is 0 Å². The number of alkyl halides is 2. The number of anilines is 1. The number of amides is 3. The minimum atomic E-state index is -0.775. The maximum atomic E-state index is 13.4. The smallest absolute Gasteiger partial charge is 0.247 e. The highest BCUT2D eigenvalue weighted by Crippen LogP contribution is 2.60. The Kier molecular flexibility index (Phi) is 5.66. The predicted molar refractivity (Wildman–Crippen MR) is 119 cm³/mol. The number of halogens is 2. The van der Waals surface area contributed by atoms with Crippen LogP contribution in [0.15, 0.2) is 24.3 Å². The van der Waals surface area contributed by atoms with E-state index in [1.807, 2.05) is 45.0 Å². The van der Waals surface area contributed by atoms with Gasteiger partial charge in [-0.3, -0.25) is 19.3 Å². The molecule has 29 heavy (non-hydrogen) atoms. The van der Waals surface area contributed by atoms with Crippen molar-refractivity contribution in [2.45, 2.75) is 49.3 Å². The van der Waals surface area contributed by atoms with Crippen LogP contribution in [-0.4, -0.2) is 38.3 Å². The molecule has 1 heterocycles. The van der Waals surface area contributed by atoms with Crippen molar-refractivity contribution in [1.29, 1.82) is 0 Å². The average molecular weight is 526 g/mol. The lowest BCUT2D eigenvalue weighted by atomic mass is 9.81. The molecule has 2 aliphatic carbocycles. The highest BCUT2D eigenvalue weighted by Gasteiger charge is 2.67. The number of rotatable bonds is 5.